The highest BCUT2D eigenvalue weighted by atomic mass is 35.5. The zero-order valence-electron chi connectivity index (χ0n) is 11.5. The largest absolute Gasteiger partial charge is 0.481 e. The van der Waals surface area contributed by atoms with E-state index in [4.69, 9.17) is 16.3 Å². The Bertz CT molecular complexity index is 616. The van der Waals surface area contributed by atoms with Crippen molar-refractivity contribution in [1.82, 2.24) is 0 Å². The van der Waals surface area contributed by atoms with Gasteiger partial charge in [-0.2, -0.15) is 0 Å². The Labute approximate surface area is 127 Å². The van der Waals surface area contributed by atoms with Crippen LogP contribution in [0.15, 0.2) is 48.5 Å². The molecule has 1 amide bonds. The van der Waals surface area contributed by atoms with Crippen LogP contribution in [-0.2, 0) is 4.79 Å². The molecule has 1 atom stereocenters. The van der Waals surface area contributed by atoms with Crippen LogP contribution in [0.25, 0.3) is 0 Å². The van der Waals surface area contributed by atoms with Crippen molar-refractivity contribution >= 4 is 23.2 Å². The standard InChI is InChI=1S/C16H15ClFNO2/c1-2-15(21-14-8-6-11(17)7-9-14)16(20)19-13-5-3-4-12(18)10-13/h3-10,15H,2H2,1H3,(H,19,20). The van der Waals surface area contributed by atoms with E-state index in [1.165, 1.54) is 18.2 Å². The molecule has 0 aliphatic carbocycles. The fourth-order valence-electron chi connectivity index (χ4n) is 1.79. The van der Waals surface area contributed by atoms with E-state index in [9.17, 15) is 9.18 Å². The average molecular weight is 308 g/mol. The van der Waals surface area contributed by atoms with Crippen LogP contribution in [0.1, 0.15) is 13.3 Å². The Morgan fingerprint density at radius 3 is 2.62 bits per heavy atom. The lowest BCUT2D eigenvalue weighted by atomic mass is 10.2. The van der Waals surface area contributed by atoms with Crippen molar-refractivity contribution in [3.63, 3.8) is 0 Å². The summed E-state index contributed by atoms with van der Waals surface area (Å²) in [7, 11) is 0. The molecule has 0 saturated heterocycles. The maximum absolute atomic E-state index is 13.1. The number of rotatable bonds is 5. The summed E-state index contributed by atoms with van der Waals surface area (Å²) in [5, 5.41) is 3.23. The molecule has 2 aromatic carbocycles. The van der Waals surface area contributed by atoms with E-state index in [-0.39, 0.29) is 5.91 Å². The molecular formula is C16H15ClFNO2. The number of nitrogens with one attached hydrogen (secondary N) is 1. The van der Waals surface area contributed by atoms with Gasteiger partial charge in [-0.05, 0) is 48.9 Å². The molecule has 0 bridgehead atoms. The molecular weight excluding hydrogens is 293 g/mol. The fourth-order valence-corrected chi connectivity index (χ4v) is 1.91. The monoisotopic (exact) mass is 307 g/mol. The lowest BCUT2D eigenvalue weighted by Gasteiger charge is -2.17. The highest BCUT2D eigenvalue weighted by Crippen LogP contribution is 2.18. The molecule has 0 saturated carbocycles. The fraction of sp³-hybridized carbons (Fsp3) is 0.188. The second-order valence-electron chi connectivity index (χ2n) is 4.47. The third-order valence-electron chi connectivity index (χ3n) is 2.85. The van der Waals surface area contributed by atoms with E-state index in [1.807, 2.05) is 6.92 Å². The quantitative estimate of drug-likeness (QED) is 0.895. The molecule has 21 heavy (non-hydrogen) atoms. The molecule has 5 heteroatoms. The SMILES string of the molecule is CCC(Oc1ccc(Cl)cc1)C(=O)Nc1cccc(F)c1. The number of benzene rings is 2. The average Bonchev–Trinajstić information content (AvgIpc) is 2.46. The molecule has 3 nitrogen and oxygen atoms in total. The molecule has 0 spiro atoms. The zero-order valence-corrected chi connectivity index (χ0v) is 12.2. The van der Waals surface area contributed by atoms with Crippen LogP contribution in [0.5, 0.6) is 5.75 Å². The second kappa shape index (κ2) is 7.09. The van der Waals surface area contributed by atoms with E-state index in [0.717, 1.165) is 0 Å². The first kappa shape index (κ1) is 15.3. The number of amides is 1. The number of ether oxygens (including phenoxy) is 1. The molecule has 0 aromatic heterocycles. The molecule has 0 radical (unpaired) electrons. The van der Waals surface area contributed by atoms with Gasteiger partial charge in [0.05, 0.1) is 0 Å². The van der Waals surface area contributed by atoms with Crippen LogP contribution >= 0.6 is 11.6 Å². The predicted octanol–water partition coefficient (Wildman–Crippen LogP) is 4.28. The minimum absolute atomic E-state index is 0.321. The smallest absolute Gasteiger partial charge is 0.265 e. The number of carbonyl (C=O) groups is 1. The predicted molar refractivity (Wildman–Crippen MR) is 81.2 cm³/mol. The molecule has 0 fully saturated rings. The lowest BCUT2D eigenvalue weighted by molar-refractivity contribution is -0.122. The zero-order chi connectivity index (χ0) is 15.2. The Kier molecular flexibility index (Phi) is 5.17. The Balaban J connectivity index is 2.03. The second-order valence-corrected chi connectivity index (χ2v) is 4.90. The van der Waals surface area contributed by atoms with Gasteiger partial charge in [0, 0.05) is 10.7 Å². The maximum atomic E-state index is 13.1. The molecule has 0 aliphatic heterocycles. The van der Waals surface area contributed by atoms with Crippen molar-refractivity contribution in [2.24, 2.45) is 0 Å². The van der Waals surface area contributed by atoms with Crippen molar-refractivity contribution in [2.45, 2.75) is 19.4 Å². The van der Waals surface area contributed by atoms with Gasteiger partial charge in [0.1, 0.15) is 11.6 Å². The van der Waals surface area contributed by atoms with Crippen LogP contribution < -0.4 is 10.1 Å². The molecule has 110 valence electrons. The number of carbonyl (C=O) groups excluding carboxylic acids is 1. The summed E-state index contributed by atoms with van der Waals surface area (Å²) in [5.74, 6) is -0.168. The van der Waals surface area contributed by atoms with E-state index >= 15 is 0 Å². The summed E-state index contributed by atoms with van der Waals surface area (Å²) in [6.07, 6.45) is -0.168. The number of halogens is 2. The van der Waals surface area contributed by atoms with Gasteiger partial charge in [-0.3, -0.25) is 4.79 Å². The lowest BCUT2D eigenvalue weighted by Crippen LogP contribution is -2.32. The highest BCUT2D eigenvalue weighted by Gasteiger charge is 2.18. The van der Waals surface area contributed by atoms with E-state index < -0.39 is 11.9 Å². The Morgan fingerprint density at radius 2 is 2.00 bits per heavy atom. The highest BCUT2D eigenvalue weighted by molar-refractivity contribution is 6.30. The summed E-state index contributed by atoms with van der Waals surface area (Å²) in [6, 6.07) is 12.5. The van der Waals surface area contributed by atoms with Crippen LogP contribution in [0.2, 0.25) is 5.02 Å². The van der Waals surface area contributed by atoms with Gasteiger partial charge in [0.25, 0.3) is 5.91 Å². The summed E-state index contributed by atoms with van der Waals surface area (Å²) >= 11 is 5.80. The maximum Gasteiger partial charge on any atom is 0.265 e. The van der Waals surface area contributed by atoms with Crippen molar-refractivity contribution in [3.8, 4) is 5.75 Å². The first-order chi connectivity index (χ1) is 10.1. The van der Waals surface area contributed by atoms with Crippen molar-refractivity contribution in [3.05, 3.63) is 59.4 Å². The van der Waals surface area contributed by atoms with Crippen LogP contribution in [0.4, 0.5) is 10.1 Å². The van der Waals surface area contributed by atoms with Gasteiger partial charge in [-0.15, -0.1) is 0 Å². The van der Waals surface area contributed by atoms with E-state index in [2.05, 4.69) is 5.32 Å². The molecule has 0 heterocycles. The first-order valence-electron chi connectivity index (χ1n) is 6.57. The Morgan fingerprint density at radius 1 is 1.29 bits per heavy atom. The topological polar surface area (TPSA) is 38.3 Å². The minimum atomic E-state index is -0.658. The number of hydrogen-bond donors (Lipinski definition) is 1. The van der Waals surface area contributed by atoms with Crippen LogP contribution in [0.3, 0.4) is 0 Å². The van der Waals surface area contributed by atoms with Gasteiger partial charge in [-0.1, -0.05) is 24.6 Å². The van der Waals surface area contributed by atoms with Gasteiger partial charge in [-0.25, -0.2) is 4.39 Å². The third kappa shape index (κ3) is 4.46. The van der Waals surface area contributed by atoms with E-state index in [0.29, 0.717) is 22.9 Å². The van der Waals surface area contributed by atoms with Gasteiger partial charge < -0.3 is 10.1 Å². The Hall–Kier alpha value is -2.07. The van der Waals surface area contributed by atoms with Crippen molar-refractivity contribution in [2.75, 3.05) is 5.32 Å². The minimum Gasteiger partial charge on any atom is -0.481 e. The number of anilines is 1. The van der Waals surface area contributed by atoms with Crippen molar-refractivity contribution in [1.29, 1.82) is 0 Å². The van der Waals surface area contributed by atoms with Gasteiger partial charge >= 0.3 is 0 Å². The third-order valence-corrected chi connectivity index (χ3v) is 3.10. The molecule has 1 N–H and O–H groups in total. The molecule has 2 aromatic rings. The normalized spacial score (nSPS) is 11.8. The summed E-state index contributed by atoms with van der Waals surface area (Å²) in [4.78, 5) is 12.1. The van der Waals surface area contributed by atoms with Crippen LogP contribution in [0, 0.1) is 5.82 Å². The van der Waals surface area contributed by atoms with Gasteiger partial charge in [0.15, 0.2) is 6.10 Å². The molecule has 2 rings (SSSR count). The van der Waals surface area contributed by atoms with Crippen molar-refractivity contribution < 1.29 is 13.9 Å². The first-order valence-corrected chi connectivity index (χ1v) is 6.95. The summed E-state index contributed by atoms with van der Waals surface area (Å²) in [5.41, 5.74) is 0.401. The van der Waals surface area contributed by atoms with E-state index in [1.54, 1.807) is 30.3 Å². The summed E-state index contributed by atoms with van der Waals surface area (Å²) < 4.78 is 18.7. The molecule has 0 aliphatic rings. The van der Waals surface area contributed by atoms with Gasteiger partial charge in [0.2, 0.25) is 0 Å². The number of hydrogen-bond acceptors (Lipinski definition) is 2. The molecule has 1 unspecified atom stereocenters. The summed E-state index contributed by atoms with van der Waals surface area (Å²) in [6.45, 7) is 1.84. The van der Waals surface area contributed by atoms with Crippen LogP contribution in [-0.4, -0.2) is 12.0 Å².